The number of fused-ring (bicyclic) bond motifs is 3. The number of likely N-dealkylation sites (tertiary alicyclic amines) is 1. The molecule has 2 saturated heterocycles. The van der Waals surface area contributed by atoms with Crippen LogP contribution < -0.4 is 11.5 Å². The molecule has 13 atom stereocenters. The molecular formula is C44H72N6O5. The summed E-state index contributed by atoms with van der Waals surface area (Å²) in [5, 5.41) is 16.2. The molecule has 1 aromatic heterocycles. The van der Waals surface area contributed by atoms with E-state index in [1.165, 1.54) is 5.57 Å². The van der Waals surface area contributed by atoms with Crippen LogP contribution in [0.2, 0.25) is 0 Å². The average Bonchev–Trinajstić information content (AvgIpc) is 3.78. The smallest absolute Gasteiger partial charge is 0.314 e. The topological polar surface area (TPSA) is 159 Å². The van der Waals surface area contributed by atoms with Gasteiger partial charge in [0.05, 0.1) is 37.9 Å². The van der Waals surface area contributed by atoms with Crippen LogP contribution in [0.4, 0.5) is 4.79 Å². The molecule has 0 aromatic carbocycles. The van der Waals surface area contributed by atoms with Crippen LogP contribution in [0, 0.1) is 62.1 Å². The van der Waals surface area contributed by atoms with E-state index >= 15 is 0 Å². The van der Waals surface area contributed by atoms with Gasteiger partial charge in [0.1, 0.15) is 12.2 Å². The first-order chi connectivity index (χ1) is 25.5. The molecule has 2 bridgehead atoms. The highest BCUT2D eigenvalue weighted by atomic mass is 16.5. The number of urea groups is 1. The van der Waals surface area contributed by atoms with Crippen LogP contribution in [0.25, 0.3) is 0 Å². The predicted molar refractivity (Wildman–Crippen MR) is 213 cm³/mol. The number of primary amides is 1. The largest absolute Gasteiger partial charge is 0.481 e. The molecule has 2 aliphatic heterocycles. The molecular weight excluding hydrogens is 693 g/mol. The van der Waals surface area contributed by atoms with Crippen molar-refractivity contribution >= 4 is 12.0 Å². The lowest BCUT2D eigenvalue weighted by Gasteiger charge is -2.71. The summed E-state index contributed by atoms with van der Waals surface area (Å²) in [5.74, 6) is 1.10. The van der Waals surface area contributed by atoms with Crippen LogP contribution in [0.1, 0.15) is 139 Å². The molecule has 0 radical (unpaired) electrons. The van der Waals surface area contributed by atoms with Gasteiger partial charge in [0, 0.05) is 35.4 Å². The van der Waals surface area contributed by atoms with Crippen molar-refractivity contribution in [1.29, 1.82) is 0 Å². The minimum atomic E-state index is -0.638. The Labute approximate surface area is 330 Å². The summed E-state index contributed by atoms with van der Waals surface area (Å²) >= 11 is 0. The Balaban J connectivity index is 1.33. The molecule has 55 heavy (non-hydrogen) atoms. The number of nitrogens with zero attached hydrogens (tertiary/aromatic N) is 4. The van der Waals surface area contributed by atoms with Crippen LogP contribution in [-0.4, -0.2) is 81.3 Å². The van der Waals surface area contributed by atoms with Gasteiger partial charge in [0.15, 0.2) is 0 Å². The van der Waals surface area contributed by atoms with Gasteiger partial charge in [-0.3, -0.25) is 4.79 Å². The second-order valence-corrected chi connectivity index (χ2v) is 21.8. The Kier molecular flexibility index (Phi) is 9.81. The maximum atomic E-state index is 13.6. The third-order valence-corrected chi connectivity index (χ3v) is 18.1. The number of carboxylic acids is 1. The number of aromatic nitrogens is 3. The van der Waals surface area contributed by atoms with Crippen molar-refractivity contribution in [3.63, 3.8) is 0 Å². The Morgan fingerprint density at radius 2 is 1.76 bits per heavy atom. The number of carbonyl (C=O) groups is 2. The van der Waals surface area contributed by atoms with E-state index in [2.05, 4.69) is 86.9 Å². The molecule has 2 amide bonds. The first-order valence-corrected chi connectivity index (χ1v) is 21.3. The maximum absolute atomic E-state index is 13.6. The monoisotopic (exact) mass is 765 g/mol. The number of allylic oxidation sites excluding steroid dienone is 1. The number of carboxylic acid groups (broad SMARTS) is 1. The lowest BCUT2D eigenvalue weighted by molar-refractivity contribution is -0.253. The summed E-state index contributed by atoms with van der Waals surface area (Å²) in [6, 6.07) is -0.544. The molecule has 7 rings (SSSR count). The van der Waals surface area contributed by atoms with Gasteiger partial charge in [-0.05, 0) is 97.2 Å². The predicted octanol–water partition coefficient (Wildman–Crippen LogP) is 7.42. The van der Waals surface area contributed by atoms with Crippen molar-refractivity contribution in [3.8, 4) is 0 Å². The van der Waals surface area contributed by atoms with Crippen molar-refractivity contribution < 1.29 is 24.2 Å². The number of carbonyl (C=O) groups excluding carboxylic acids is 1. The number of rotatable bonds is 8. The molecule has 5 N–H and O–H groups in total. The molecule has 5 fully saturated rings. The number of amides is 2. The summed E-state index contributed by atoms with van der Waals surface area (Å²) in [7, 11) is 0. The highest BCUT2D eigenvalue weighted by Gasteiger charge is 2.72. The van der Waals surface area contributed by atoms with E-state index in [4.69, 9.17) is 31.0 Å². The zero-order valence-corrected chi connectivity index (χ0v) is 35.8. The van der Waals surface area contributed by atoms with E-state index in [0.29, 0.717) is 50.7 Å². The molecule has 1 aromatic rings. The lowest BCUT2D eigenvalue weighted by Crippen LogP contribution is -2.69. The van der Waals surface area contributed by atoms with Gasteiger partial charge in [-0.2, -0.15) is 5.10 Å². The summed E-state index contributed by atoms with van der Waals surface area (Å²) in [6.07, 6.45) is 10.3. The van der Waals surface area contributed by atoms with Crippen LogP contribution in [-0.2, 0) is 14.3 Å². The highest BCUT2D eigenvalue weighted by molar-refractivity contribution is 5.73. The summed E-state index contributed by atoms with van der Waals surface area (Å²) in [5.41, 5.74) is 12.0. The number of ether oxygens (including phenoxy) is 2. The first kappa shape index (κ1) is 40.7. The van der Waals surface area contributed by atoms with E-state index in [1.807, 2.05) is 0 Å². The van der Waals surface area contributed by atoms with Crippen molar-refractivity contribution in [2.45, 2.75) is 145 Å². The average molecular weight is 765 g/mol. The van der Waals surface area contributed by atoms with Crippen molar-refractivity contribution in [1.82, 2.24) is 19.7 Å². The quantitative estimate of drug-likeness (QED) is 0.231. The first-order valence-electron chi connectivity index (χ1n) is 21.3. The molecule has 0 spiro atoms. The van der Waals surface area contributed by atoms with Crippen LogP contribution in [0.3, 0.4) is 0 Å². The van der Waals surface area contributed by atoms with E-state index in [-0.39, 0.29) is 51.1 Å². The van der Waals surface area contributed by atoms with Crippen molar-refractivity contribution in [2.24, 2.45) is 73.5 Å². The van der Waals surface area contributed by atoms with E-state index < -0.39 is 28.9 Å². The maximum Gasteiger partial charge on any atom is 0.314 e. The van der Waals surface area contributed by atoms with Gasteiger partial charge in [-0.25, -0.2) is 14.5 Å². The second-order valence-electron chi connectivity index (χ2n) is 21.8. The fraction of sp³-hybridized carbons (Fsp3) is 0.864. The summed E-state index contributed by atoms with van der Waals surface area (Å²) in [4.78, 5) is 32.4. The molecule has 6 aliphatic rings. The minimum Gasteiger partial charge on any atom is -0.481 e. The fourth-order valence-corrected chi connectivity index (χ4v) is 13.6. The number of nitrogens with two attached hydrogens (primary N) is 2. The Bertz CT molecular complexity index is 1700. The van der Waals surface area contributed by atoms with Gasteiger partial charge >= 0.3 is 12.0 Å². The van der Waals surface area contributed by atoms with E-state index in [9.17, 15) is 14.7 Å². The standard InChI is InChI=1S/C44H72N6O5/c1-26(2)27(3)39(7)17-18-41(9)29-12-13-32-40(8)22-54-24-44(32,30(29)14-16-42(41,10)33(39)36(51)52)20-31(34(40)55-23-43(11,46)38(4,5)6)50-35(47-25-48-50)28-15-19-49(21-28)37(45)53/h14,25-29,31-34H,12-13,15-24,46H2,1-11H3,(H2,45,53)(H,51,52)/t27-,28+,29+,31-,32+,33-,34+,39-,40-,41-,42+,43+,44+/m1/s1. The van der Waals surface area contributed by atoms with Crippen LogP contribution >= 0.6 is 0 Å². The molecule has 3 heterocycles. The molecule has 0 unspecified atom stereocenters. The minimum absolute atomic E-state index is 0.0227. The van der Waals surface area contributed by atoms with E-state index in [0.717, 1.165) is 50.8 Å². The molecule has 3 saturated carbocycles. The normalized spacial score (nSPS) is 43.1. The van der Waals surface area contributed by atoms with Gasteiger partial charge < -0.3 is 30.9 Å². The van der Waals surface area contributed by atoms with Gasteiger partial charge in [-0.1, -0.05) is 80.9 Å². The third-order valence-electron chi connectivity index (χ3n) is 18.1. The SMILES string of the molecule is CC(C)[C@@H](C)[C@@]1(C)CC[C@]2(C)[C@H]3CC[C@@H]4[C@@]5(COC[C@@]4(C)[C@@H](OC[C@](C)(N)C(C)(C)C)[C@H](n4ncnc4[C@H]4CCN(C(N)=O)C4)C5)C3=CC[C@@]2(C)[C@@H]1C(=O)O. The Morgan fingerprint density at radius 3 is 2.38 bits per heavy atom. The fourth-order valence-electron chi connectivity index (χ4n) is 13.6. The summed E-state index contributed by atoms with van der Waals surface area (Å²) in [6.45, 7) is 27.5. The van der Waals surface area contributed by atoms with Gasteiger partial charge in [-0.15, -0.1) is 0 Å². The van der Waals surface area contributed by atoms with Crippen LogP contribution in [0.5, 0.6) is 0 Å². The Morgan fingerprint density at radius 1 is 1.05 bits per heavy atom. The second kappa shape index (κ2) is 13.3. The number of hydrogen-bond acceptors (Lipinski definition) is 7. The lowest BCUT2D eigenvalue weighted by atomic mass is 9.34. The van der Waals surface area contributed by atoms with Crippen LogP contribution in [0.15, 0.2) is 18.0 Å². The molecule has 11 nitrogen and oxygen atoms in total. The number of aliphatic carboxylic acids is 1. The molecule has 11 heteroatoms. The van der Waals surface area contributed by atoms with Crippen molar-refractivity contribution in [2.75, 3.05) is 32.9 Å². The zero-order chi connectivity index (χ0) is 40.3. The third kappa shape index (κ3) is 5.80. The highest BCUT2D eigenvalue weighted by Crippen LogP contribution is 2.75. The van der Waals surface area contributed by atoms with Gasteiger partial charge in [0.2, 0.25) is 0 Å². The van der Waals surface area contributed by atoms with Gasteiger partial charge in [0.25, 0.3) is 0 Å². The summed E-state index contributed by atoms with van der Waals surface area (Å²) < 4.78 is 16.2. The van der Waals surface area contributed by atoms with E-state index in [1.54, 1.807) is 11.2 Å². The molecule has 308 valence electrons. The Hall–Kier alpha value is -2.50. The zero-order valence-electron chi connectivity index (χ0n) is 35.8. The van der Waals surface area contributed by atoms with Crippen molar-refractivity contribution in [3.05, 3.63) is 23.8 Å². The number of hydrogen-bond donors (Lipinski definition) is 3. The molecule has 4 aliphatic carbocycles.